The molecule has 0 aromatic carbocycles. The standard InChI is InChI=1S/C7H13N2O2/c10-7(11)6-9-5-3-1-2-4-8-9/h1-6H2,(H,10,11). The minimum absolute atomic E-state index is 0.0556. The van der Waals surface area contributed by atoms with Crippen molar-refractivity contribution in [2.45, 2.75) is 19.3 Å². The first kappa shape index (κ1) is 8.49. The first-order valence-corrected chi connectivity index (χ1v) is 3.93. The molecule has 63 valence electrons. The van der Waals surface area contributed by atoms with E-state index in [1.54, 1.807) is 5.01 Å². The van der Waals surface area contributed by atoms with E-state index in [1.165, 1.54) is 6.42 Å². The molecule has 1 saturated heterocycles. The van der Waals surface area contributed by atoms with E-state index < -0.39 is 5.97 Å². The molecule has 1 aliphatic rings. The van der Waals surface area contributed by atoms with Gasteiger partial charge in [-0.05, 0) is 12.8 Å². The number of nitrogens with zero attached hydrogens (tertiary/aromatic N) is 2. The lowest BCUT2D eigenvalue weighted by Crippen LogP contribution is -2.36. The molecular formula is C7H13N2O2. The van der Waals surface area contributed by atoms with Crippen molar-refractivity contribution in [3.63, 3.8) is 0 Å². The molecule has 0 spiro atoms. The zero-order valence-corrected chi connectivity index (χ0v) is 6.49. The van der Waals surface area contributed by atoms with Crippen LogP contribution in [0.15, 0.2) is 0 Å². The van der Waals surface area contributed by atoms with Crippen molar-refractivity contribution < 1.29 is 9.90 Å². The molecule has 1 N–H and O–H groups in total. The summed E-state index contributed by atoms with van der Waals surface area (Å²) in [5, 5.41) is 10.1. The van der Waals surface area contributed by atoms with Gasteiger partial charge in [0.1, 0.15) is 6.54 Å². The van der Waals surface area contributed by atoms with E-state index in [9.17, 15) is 4.79 Å². The Labute approximate surface area is 66.2 Å². The van der Waals surface area contributed by atoms with Crippen molar-refractivity contribution in [2.24, 2.45) is 0 Å². The molecule has 0 unspecified atom stereocenters. The van der Waals surface area contributed by atoms with E-state index in [0.29, 0.717) is 0 Å². The van der Waals surface area contributed by atoms with Gasteiger partial charge in [-0.1, -0.05) is 6.42 Å². The van der Waals surface area contributed by atoms with Crippen LogP contribution < -0.4 is 5.43 Å². The molecular weight excluding hydrogens is 144 g/mol. The Balaban J connectivity index is 2.25. The van der Waals surface area contributed by atoms with Crippen molar-refractivity contribution in [3.8, 4) is 0 Å². The van der Waals surface area contributed by atoms with Gasteiger partial charge in [0.2, 0.25) is 0 Å². The second kappa shape index (κ2) is 4.31. The Morgan fingerprint density at radius 3 is 3.00 bits per heavy atom. The zero-order valence-electron chi connectivity index (χ0n) is 6.49. The van der Waals surface area contributed by atoms with E-state index in [-0.39, 0.29) is 6.54 Å². The van der Waals surface area contributed by atoms with Crippen LogP contribution in [0, 0.1) is 0 Å². The minimum atomic E-state index is -0.796. The van der Waals surface area contributed by atoms with Crippen LogP contribution in [-0.4, -0.2) is 35.7 Å². The fourth-order valence-corrected chi connectivity index (χ4v) is 1.15. The van der Waals surface area contributed by atoms with Crippen LogP contribution in [0.4, 0.5) is 0 Å². The number of aliphatic carboxylic acids is 1. The normalized spacial score (nSPS) is 21.1. The van der Waals surface area contributed by atoms with Gasteiger partial charge in [-0.25, -0.2) is 5.01 Å². The quantitative estimate of drug-likeness (QED) is 0.617. The molecule has 0 aliphatic carbocycles. The summed E-state index contributed by atoms with van der Waals surface area (Å²) in [4.78, 5) is 10.3. The second-order valence-corrected chi connectivity index (χ2v) is 2.71. The van der Waals surface area contributed by atoms with Gasteiger partial charge in [0.25, 0.3) is 0 Å². The molecule has 4 nitrogen and oxygen atoms in total. The summed E-state index contributed by atoms with van der Waals surface area (Å²) in [6.45, 7) is 1.64. The lowest BCUT2D eigenvalue weighted by Gasteiger charge is -2.14. The predicted molar refractivity (Wildman–Crippen MR) is 40.1 cm³/mol. The maximum atomic E-state index is 10.3. The number of carboxylic acid groups (broad SMARTS) is 1. The summed E-state index contributed by atoms with van der Waals surface area (Å²) < 4.78 is 0. The van der Waals surface area contributed by atoms with Crippen LogP contribution in [-0.2, 0) is 4.79 Å². The van der Waals surface area contributed by atoms with E-state index in [2.05, 4.69) is 5.43 Å². The molecule has 0 amide bonds. The van der Waals surface area contributed by atoms with Crippen LogP contribution in [0.25, 0.3) is 0 Å². The second-order valence-electron chi connectivity index (χ2n) is 2.71. The van der Waals surface area contributed by atoms with Gasteiger partial charge in [0, 0.05) is 13.1 Å². The molecule has 11 heavy (non-hydrogen) atoms. The van der Waals surface area contributed by atoms with E-state index in [1.807, 2.05) is 0 Å². The molecule has 1 rings (SSSR count). The molecule has 1 heterocycles. The number of rotatable bonds is 2. The molecule has 0 aromatic rings. The number of hydrogen-bond donors (Lipinski definition) is 1. The predicted octanol–water partition coefficient (Wildman–Crippen LogP) is 0.0763. The van der Waals surface area contributed by atoms with Gasteiger partial charge in [0.05, 0.1) is 0 Å². The summed E-state index contributed by atoms with van der Waals surface area (Å²) in [5.74, 6) is -0.796. The monoisotopic (exact) mass is 157 g/mol. The molecule has 0 saturated carbocycles. The first-order chi connectivity index (χ1) is 5.29. The minimum Gasteiger partial charge on any atom is -0.480 e. The van der Waals surface area contributed by atoms with Gasteiger partial charge in [-0.15, -0.1) is 0 Å². The maximum absolute atomic E-state index is 10.3. The van der Waals surface area contributed by atoms with Crippen LogP contribution >= 0.6 is 0 Å². The molecule has 0 aromatic heterocycles. The lowest BCUT2D eigenvalue weighted by atomic mass is 10.2. The van der Waals surface area contributed by atoms with E-state index in [0.717, 1.165) is 25.9 Å². The Kier molecular flexibility index (Phi) is 3.32. The summed E-state index contributed by atoms with van der Waals surface area (Å²) >= 11 is 0. The van der Waals surface area contributed by atoms with Gasteiger partial charge in [0.15, 0.2) is 0 Å². The Morgan fingerprint density at radius 1 is 1.45 bits per heavy atom. The third-order valence-corrected chi connectivity index (χ3v) is 1.69. The summed E-state index contributed by atoms with van der Waals surface area (Å²) in [5.41, 5.74) is 4.12. The summed E-state index contributed by atoms with van der Waals surface area (Å²) in [6, 6.07) is 0. The highest BCUT2D eigenvalue weighted by Crippen LogP contribution is 2.02. The van der Waals surface area contributed by atoms with Crippen LogP contribution in [0.5, 0.6) is 0 Å². The number of carbonyl (C=O) groups is 1. The molecule has 0 bridgehead atoms. The number of carboxylic acids is 1. The average molecular weight is 157 g/mol. The lowest BCUT2D eigenvalue weighted by molar-refractivity contribution is -0.139. The smallest absolute Gasteiger partial charge is 0.319 e. The molecule has 1 fully saturated rings. The van der Waals surface area contributed by atoms with Gasteiger partial charge in [-0.3, -0.25) is 4.79 Å². The zero-order chi connectivity index (χ0) is 8.10. The fraction of sp³-hybridized carbons (Fsp3) is 0.857. The van der Waals surface area contributed by atoms with Gasteiger partial charge >= 0.3 is 5.97 Å². The van der Waals surface area contributed by atoms with E-state index in [4.69, 9.17) is 5.11 Å². The largest absolute Gasteiger partial charge is 0.480 e. The highest BCUT2D eigenvalue weighted by molar-refractivity contribution is 5.68. The van der Waals surface area contributed by atoms with Crippen molar-refractivity contribution in [2.75, 3.05) is 19.6 Å². The summed E-state index contributed by atoms with van der Waals surface area (Å²) in [7, 11) is 0. The van der Waals surface area contributed by atoms with Crippen LogP contribution in [0.1, 0.15) is 19.3 Å². The number of hydrogen-bond acceptors (Lipinski definition) is 2. The van der Waals surface area contributed by atoms with Gasteiger partial charge in [-0.2, -0.15) is 5.43 Å². The van der Waals surface area contributed by atoms with Crippen molar-refractivity contribution >= 4 is 5.97 Å². The van der Waals surface area contributed by atoms with Gasteiger partial charge < -0.3 is 5.11 Å². The third-order valence-electron chi connectivity index (χ3n) is 1.69. The SMILES string of the molecule is O=C(O)CN1CCCCC[N]1. The Bertz CT molecular complexity index is 130. The average Bonchev–Trinajstić information content (AvgIpc) is 2.14. The van der Waals surface area contributed by atoms with E-state index >= 15 is 0 Å². The third kappa shape index (κ3) is 3.34. The molecule has 1 radical (unpaired) electrons. The summed E-state index contributed by atoms with van der Waals surface area (Å²) in [6.07, 6.45) is 3.33. The van der Waals surface area contributed by atoms with Crippen molar-refractivity contribution in [1.82, 2.24) is 10.4 Å². The Hall–Kier alpha value is -0.610. The van der Waals surface area contributed by atoms with Crippen molar-refractivity contribution in [1.29, 1.82) is 0 Å². The fourth-order valence-electron chi connectivity index (χ4n) is 1.15. The molecule has 0 atom stereocenters. The van der Waals surface area contributed by atoms with Crippen LogP contribution in [0.3, 0.4) is 0 Å². The highest BCUT2D eigenvalue weighted by Gasteiger charge is 2.11. The van der Waals surface area contributed by atoms with Crippen molar-refractivity contribution in [3.05, 3.63) is 0 Å². The Morgan fingerprint density at radius 2 is 2.27 bits per heavy atom. The molecule has 1 aliphatic heterocycles. The van der Waals surface area contributed by atoms with Crippen LogP contribution in [0.2, 0.25) is 0 Å². The topological polar surface area (TPSA) is 54.6 Å². The molecule has 4 heteroatoms. The maximum Gasteiger partial charge on any atom is 0.319 e. The highest BCUT2D eigenvalue weighted by atomic mass is 16.4. The first-order valence-electron chi connectivity index (χ1n) is 3.93.